The normalized spacial score (nSPS) is 8.32. The van der Waals surface area contributed by atoms with Gasteiger partial charge in [0.15, 0.2) is 0 Å². The zero-order chi connectivity index (χ0) is 16.9. The summed E-state index contributed by atoms with van der Waals surface area (Å²) in [6, 6.07) is 0. The summed E-state index contributed by atoms with van der Waals surface area (Å²) in [5.41, 5.74) is -4.61. The zero-order valence-electron chi connectivity index (χ0n) is 11.9. The Morgan fingerprint density at radius 1 is 0.720 bits per heavy atom. The number of hydrogen-bond donors (Lipinski definition) is 4. The van der Waals surface area contributed by atoms with Gasteiger partial charge in [-0.3, -0.25) is 19.6 Å². The summed E-state index contributed by atoms with van der Waals surface area (Å²) in [4.78, 5) is 69.5. The summed E-state index contributed by atoms with van der Waals surface area (Å²) < 4.78 is 0. The standard InChI is InChI=1S/2C5H4N2O4.Co.2H2O/c2*8-3-2(4(9)10)1-6-5(11)7-3;;;/h2*1H,(H,9,10)(H2,6,7,8,11);;2*1H2/q;;+2;;. The molecule has 0 fully saturated rings. The van der Waals surface area contributed by atoms with Crippen molar-refractivity contribution in [2.75, 3.05) is 0 Å². The molecule has 0 aromatic carbocycles. The number of carbonyl (C=O) groups excluding carboxylic acids is 2. The van der Waals surface area contributed by atoms with Crippen LogP contribution in [0.5, 0.6) is 0 Å². The third kappa shape index (κ3) is 7.70. The number of carboxylic acid groups (broad SMARTS) is 2. The SMILES string of the molecule is O=C([O-])c1c[nH]c(=O)[nH]c1=O.O=C([O-])c1c[nH]c(=O)[nH]c1=O.[Co+2].[OH3+].[OH3+]. The van der Waals surface area contributed by atoms with Crippen LogP contribution in [0.15, 0.2) is 31.6 Å². The molecule has 139 valence electrons. The average molecular weight is 407 g/mol. The molecule has 2 aromatic heterocycles. The fourth-order valence-corrected chi connectivity index (χ4v) is 1.12. The van der Waals surface area contributed by atoms with Gasteiger partial charge in [0.25, 0.3) is 11.1 Å². The summed E-state index contributed by atoms with van der Waals surface area (Å²) in [6.45, 7) is 0. The molecular formula is C10H12CoN4O10+2. The van der Waals surface area contributed by atoms with E-state index in [2.05, 4.69) is 0 Å². The maximum atomic E-state index is 10.6. The molecule has 2 aromatic rings. The summed E-state index contributed by atoms with van der Waals surface area (Å²) >= 11 is 0. The fraction of sp³-hybridized carbons (Fsp3) is 0. The minimum absolute atomic E-state index is 0. The Balaban J connectivity index is -0.000000346. The van der Waals surface area contributed by atoms with Crippen molar-refractivity contribution < 1.29 is 47.5 Å². The topological polar surface area (TPSA) is 278 Å². The molecule has 0 saturated carbocycles. The molecule has 0 saturated heterocycles. The van der Waals surface area contributed by atoms with E-state index >= 15 is 0 Å². The minimum Gasteiger partial charge on any atom is -0.545 e. The first-order valence-corrected chi connectivity index (χ1v) is 5.29. The fourth-order valence-electron chi connectivity index (χ4n) is 1.12. The van der Waals surface area contributed by atoms with Crippen molar-refractivity contribution >= 4 is 11.9 Å². The van der Waals surface area contributed by atoms with Gasteiger partial charge in [-0.15, -0.1) is 0 Å². The molecular weight excluding hydrogens is 395 g/mol. The molecule has 0 unspecified atom stereocenters. The van der Waals surface area contributed by atoms with Gasteiger partial charge in [-0.2, -0.15) is 0 Å². The van der Waals surface area contributed by atoms with Crippen LogP contribution in [0, 0.1) is 0 Å². The monoisotopic (exact) mass is 407 g/mol. The Morgan fingerprint density at radius 2 is 1.00 bits per heavy atom. The Hall–Kier alpha value is -3.27. The third-order valence-electron chi connectivity index (χ3n) is 2.08. The molecule has 10 N–H and O–H groups in total. The van der Waals surface area contributed by atoms with Crippen LogP contribution in [0.4, 0.5) is 0 Å². The van der Waals surface area contributed by atoms with E-state index in [0.717, 1.165) is 12.4 Å². The Labute approximate surface area is 145 Å². The van der Waals surface area contributed by atoms with Crippen LogP contribution < -0.4 is 32.7 Å². The van der Waals surface area contributed by atoms with Gasteiger partial charge in [0, 0.05) is 12.4 Å². The molecule has 2 heterocycles. The van der Waals surface area contributed by atoms with Crippen molar-refractivity contribution in [3.05, 3.63) is 65.2 Å². The van der Waals surface area contributed by atoms with E-state index in [1.165, 1.54) is 0 Å². The molecule has 15 heteroatoms. The second-order valence-electron chi connectivity index (χ2n) is 3.55. The van der Waals surface area contributed by atoms with Crippen LogP contribution >= 0.6 is 0 Å². The minimum atomic E-state index is -1.62. The maximum absolute atomic E-state index is 10.6. The van der Waals surface area contributed by atoms with Gasteiger partial charge >= 0.3 is 28.2 Å². The molecule has 0 aliphatic heterocycles. The van der Waals surface area contributed by atoms with Gasteiger partial charge in [-0.1, -0.05) is 0 Å². The average Bonchev–Trinajstić information content (AvgIpc) is 2.38. The Kier molecular flexibility index (Phi) is 12.0. The van der Waals surface area contributed by atoms with Gasteiger partial charge in [0.05, 0.1) is 23.1 Å². The summed E-state index contributed by atoms with van der Waals surface area (Å²) in [7, 11) is 0. The number of rotatable bonds is 2. The Morgan fingerprint density at radius 3 is 1.20 bits per heavy atom. The maximum Gasteiger partial charge on any atom is 2.00 e. The molecule has 0 aliphatic carbocycles. The number of aromatic carboxylic acids is 2. The molecule has 0 amide bonds. The predicted molar refractivity (Wildman–Crippen MR) is 73.8 cm³/mol. The van der Waals surface area contributed by atoms with E-state index in [1.54, 1.807) is 9.97 Å². The number of carbonyl (C=O) groups is 2. The number of aromatic amines is 4. The largest absolute Gasteiger partial charge is 2.00 e. The van der Waals surface area contributed by atoms with Crippen LogP contribution in [0.1, 0.15) is 20.7 Å². The number of H-pyrrole nitrogens is 4. The predicted octanol–water partition coefficient (Wildman–Crippen LogP) is -6.99. The molecule has 0 aliphatic rings. The van der Waals surface area contributed by atoms with Gasteiger partial charge < -0.3 is 40.7 Å². The molecule has 0 bridgehead atoms. The third-order valence-corrected chi connectivity index (χ3v) is 2.08. The van der Waals surface area contributed by atoms with Crippen molar-refractivity contribution in [1.29, 1.82) is 0 Å². The van der Waals surface area contributed by atoms with Crippen molar-refractivity contribution in [1.82, 2.24) is 19.9 Å². The first-order valence-electron chi connectivity index (χ1n) is 5.29. The summed E-state index contributed by atoms with van der Waals surface area (Å²) in [5, 5.41) is 20.2. The van der Waals surface area contributed by atoms with Crippen LogP contribution in [0.25, 0.3) is 0 Å². The van der Waals surface area contributed by atoms with E-state index < -0.39 is 45.6 Å². The summed E-state index contributed by atoms with van der Waals surface area (Å²) in [6.07, 6.45) is 1.58. The smallest absolute Gasteiger partial charge is 0.545 e. The number of nitrogens with one attached hydrogen (secondary N) is 4. The van der Waals surface area contributed by atoms with Crippen molar-refractivity contribution in [2.45, 2.75) is 0 Å². The molecule has 2 rings (SSSR count). The second-order valence-corrected chi connectivity index (χ2v) is 3.55. The zero-order valence-corrected chi connectivity index (χ0v) is 12.9. The summed E-state index contributed by atoms with van der Waals surface area (Å²) in [5.74, 6) is -3.25. The molecule has 14 nitrogen and oxygen atoms in total. The number of hydrogen-bond acceptors (Lipinski definition) is 8. The van der Waals surface area contributed by atoms with E-state index in [9.17, 15) is 39.0 Å². The molecule has 0 atom stereocenters. The Bertz CT molecular complexity index is 862. The molecule has 25 heavy (non-hydrogen) atoms. The number of aromatic nitrogens is 4. The van der Waals surface area contributed by atoms with E-state index in [0.29, 0.717) is 0 Å². The second kappa shape index (κ2) is 11.3. The van der Waals surface area contributed by atoms with Crippen LogP contribution in [-0.4, -0.2) is 31.9 Å². The van der Waals surface area contributed by atoms with Gasteiger partial charge in [0.1, 0.15) is 0 Å². The van der Waals surface area contributed by atoms with Crippen molar-refractivity contribution in [3.63, 3.8) is 0 Å². The van der Waals surface area contributed by atoms with Crippen molar-refractivity contribution in [2.24, 2.45) is 0 Å². The van der Waals surface area contributed by atoms with E-state index in [4.69, 9.17) is 0 Å². The quantitative estimate of drug-likeness (QED) is 0.346. The van der Waals surface area contributed by atoms with Crippen LogP contribution in [-0.2, 0) is 27.7 Å². The first kappa shape index (κ1) is 26.6. The van der Waals surface area contributed by atoms with Gasteiger partial charge in [0.2, 0.25) is 0 Å². The van der Waals surface area contributed by atoms with Crippen molar-refractivity contribution in [3.8, 4) is 0 Å². The molecule has 1 radical (unpaired) electrons. The van der Waals surface area contributed by atoms with Crippen LogP contribution in [0.3, 0.4) is 0 Å². The first-order chi connectivity index (χ1) is 10.2. The van der Waals surface area contributed by atoms with Gasteiger partial charge in [-0.25, -0.2) is 9.59 Å². The number of carboxylic acids is 2. The van der Waals surface area contributed by atoms with Gasteiger partial charge in [-0.05, 0) is 0 Å². The van der Waals surface area contributed by atoms with Crippen LogP contribution in [0.2, 0.25) is 0 Å². The van der Waals surface area contributed by atoms with E-state index in [1.807, 2.05) is 9.97 Å². The van der Waals surface area contributed by atoms with E-state index in [-0.39, 0.29) is 27.7 Å². The molecule has 0 spiro atoms.